The molecule has 0 radical (unpaired) electrons. The molecular formula is C18H13ClF3N5O3. The van der Waals surface area contributed by atoms with Crippen molar-refractivity contribution in [3.05, 3.63) is 62.9 Å². The molecule has 0 spiro atoms. The van der Waals surface area contributed by atoms with Gasteiger partial charge in [0, 0.05) is 12.0 Å². The summed E-state index contributed by atoms with van der Waals surface area (Å²) in [6.07, 6.45) is -3.64. The van der Waals surface area contributed by atoms with E-state index in [1.54, 1.807) is 0 Å². The summed E-state index contributed by atoms with van der Waals surface area (Å²) < 4.78 is 40.7. The number of hydrogen-bond acceptors (Lipinski definition) is 6. The average molecular weight is 440 g/mol. The molecule has 3 atom stereocenters. The molecule has 3 rings (SSSR count). The first-order valence-electron chi connectivity index (χ1n) is 8.53. The van der Waals surface area contributed by atoms with Gasteiger partial charge in [0.15, 0.2) is 0 Å². The van der Waals surface area contributed by atoms with Crippen LogP contribution < -0.4 is 10.6 Å². The van der Waals surface area contributed by atoms with E-state index in [4.69, 9.17) is 16.9 Å². The number of carbonyl (C=O) groups excluding carboxylic acids is 1. The zero-order valence-electron chi connectivity index (χ0n) is 15.0. The topological polar surface area (TPSA) is 121 Å². The maximum Gasteiger partial charge on any atom is 0.404 e. The van der Waals surface area contributed by atoms with E-state index in [1.807, 2.05) is 6.07 Å². The molecule has 2 N–H and O–H groups in total. The fourth-order valence-electron chi connectivity index (χ4n) is 3.29. The number of carbonyl (C=O) groups is 1. The number of nitro groups is 1. The van der Waals surface area contributed by atoms with Gasteiger partial charge in [0.25, 0.3) is 5.69 Å². The summed E-state index contributed by atoms with van der Waals surface area (Å²) in [7, 11) is 0. The number of nitrogens with one attached hydrogen (secondary N) is 2. The normalized spacial score (nSPS) is 21.1. The number of nitro benzene ring substituents is 1. The highest BCUT2D eigenvalue weighted by Crippen LogP contribution is 2.41. The Morgan fingerprint density at radius 1 is 1.37 bits per heavy atom. The average Bonchev–Trinajstić information content (AvgIpc) is 3.14. The lowest BCUT2D eigenvalue weighted by molar-refractivity contribution is -0.384. The molecular weight excluding hydrogens is 427 g/mol. The molecule has 3 unspecified atom stereocenters. The van der Waals surface area contributed by atoms with Crippen molar-refractivity contribution in [3.8, 4) is 6.07 Å². The Labute approximate surface area is 172 Å². The summed E-state index contributed by atoms with van der Waals surface area (Å²) >= 11 is 5.84. The van der Waals surface area contributed by atoms with Crippen LogP contribution in [0.4, 0.5) is 24.5 Å². The molecule has 12 heteroatoms. The summed E-state index contributed by atoms with van der Waals surface area (Å²) in [5.41, 5.74) is 0.0683. The Bertz CT molecular complexity index is 1020. The van der Waals surface area contributed by atoms with Crippen LogP contribution in [-0.4, -0.2) is 34.1 Å². The van der Waals surface area contributed by atoms with Gasteiger partial charge in [-0.25, -0.2) is 4.98 Å². The molecule has 1 amide bonds. The van der Waals surface area contributed by atoms with Crippen LogP contribution >= 0.6 is 11.6 Å². The van der Waals surface area contributed by atoms with E-state index in [9.17, 15) is 28.1 Å². The monoisotopic (exact) mass is 439 g/mol. The molecule has 30 heavy (non-hydrogen) atoms. The number of aromatic nitrogens is 1. The highest BCUT2D eigenvalue weighted by atomic mass is 35.5. The second-order valence-electron chi connectivity index (χ2n) is 6.58. The standard InChI is InChI=1S/C18H13ClF3N5O3/c19-13-5-9(1-4-15(13)27(29)30)12-6-14(26-16(12)18(20,21)22)17(28)25-11-3-2-10(7-23)24-8-11/h1-5,8,12,14,16,26H,6H2,(H,25,28). The second-order valence-corrected chi connectivity index (χ2v) is 6.99. The quantitative estimate of drug-likeness (QED) is 0.555. The largest absolute Gasteiger partial charge is 0.404 e. The lowest BCUT2D eigenvalue weighted by Gasteiger charge is -2.22. The SMILES string of the molecule is N#Cc1ccc(NC(=O)C2CC(c3ccc([N+](=O)[O-])c(Cl)c3)C(C(F)(F)F)N2)cn1. The summed E-state index contributed by atoms with van der Waals surface area (Å²) in [6, 6.07) is 4.74. The van der Waals surface area contributed by atoms with Crippen molar-refractivity contribution < 1.29 is 22.9 Å². The number of pyridine rings is 1. The first kappa shape index (κ1) is 21.5. The van der Waals surface area contributed by atoms with Gasteiger partial charge in [0.1, 0.15) is 22.8 Å². The minimum atomic E-state index is -4.66. The van der Waals surface area contributed by atoms with E-state index in [0.29, 0.717) is 0 Å². The molecule has 1 aromatic carbocycles. The van der Waals surface area contributed by atoms with Crippen LogP contribution in [0.1, 0.15) is 23.6 Å². The second kappa shape index (κ2) is 8.25. The Morgan fingerprint density at radius 3 is 2.63 bits per heavy atom. The molecule has 2 heterocycles. The van der Waals surface area contributed by atoms with Gasteiger partial charge in [0.05, 0.1) is 22.8 Å². The first-order chi connectivity index (χ1) is 14.1. The van der Waals surface area contributed by atoms with Crippen LogP contribution in [0.3, 0.4) is 0 Å². The van der Waals surface area contributed by atoms with E-state index in [1.165, 1.54) is 24.4 Å². The molecule has 0 aliphatic carbocycles. The predicted molar refractivity (Wildman–Crippen MR) is 99.8 cm³/mol. The van der Waals surface area contributed by atoms with Gasteiger partial charge < -0.3 is 5.32 Å². The lowest BCUT2D eigenvalue weighted by Crippen LogP contribution is -2.46. The van der Waals surface area contributed by atoms with Crippen molar-refractivity contribution in [2.75, 3.05) is 5.32 Å². The lowest BCUT2D eigenvalue weighted by atomic mass is 9.90. The molecule has 0 bridgehead atoms. The molecule has 1 aliphatic rings. The summed E-state index contributed by atoms with van der Waals surface area (Å²) in [6.45, 7) is 0. The maximum atomic E-state index is 13.6. The number of alkyl halides is 3. The number of nitrogens with zero attached hydrogens (tertiary/aromatic N) is 3. The Balaban J connectivity index is 1.82. The Kier molecular flexibility index (Phi) is 5.91. The number of hydrogen-bond donors (Lipinski definition) is 2. The highest BCUT2D eigenvalue weighted by Gasteiger charge is 2.52. The van der Waals surface area contributed by atoms with Crippen LogP contribution in [0.2, 0.25) is 5.02 Å². The van der Waals surface area contributed by atoms with E-state index in [2.05, 4.69) is 15.6 Å². The summed E-state index contributed by atoms with van der Waals surface area (Å²) in [5, 5.41) is 24.1. The van der Waals surface area contributed by atoms with Crippen molar-refractivity contribution in [1.82, 2.24) is 10.3 Å². The van der Waals surface area contributed by atoms with E-state index >= 15 is 0 Å². The number of halogens is 4. The zero-order chi connectivity index (χ0) is 22.1. The van der Waals surface area contributed by atoms with E-state index in [0.717, 1.165) is 12.1 Å². The van der Waals surface area contributed by atoms with Gasteiger partial charge in [-0.05, 0) is 30.2 Å². The molecule has 1 saturated heterocycles. The first-order valence-corrected chi connectivity index (χ1v) is 8.91. The third-order valence-electron chi connectivity index (χ3n) is 4.68. The van der Waals surface area contributed by atoms with Crippen molar-refractivity contribution >= 4 is 28.9 Å². The fraction of sp³-hybridized carbons (Fsp3) is 0.278. The predicted octanol–water partition coefficient (Wildman–Crippen LogP) is 3.53. The number of anilines is 1. The number of benzene rings is 1. The van der Waals surface area contributed by atoms with Crippen molar-refractivity contribution in [2.45, 2.75) is 30.6 Å². The summed E-state index contributed by atoms with van der Waals surface area (Å²) in [4.78, 5) is 26.4. The van der Waals surface area contributed by atoms with Gasteiger partial charge in [0.2, 0.25) is 5.91 Å². The van der Waals surface area contributed by atoms with Crippen LogP contribution in [-0.2, 0) is 4.79 Å². The number of rotatable bonds is 4. The molecule has 1 aliphatic heterocycles. The van der Waals surface area contributed by atoms with Gasteiger partial charge in [-0.3, -0.25) is 20.2 Å². The van der Waals surface area contributed by atoms with Crippen LogP contribution in [0.15, 0.2) is 36.5 Å². The van der Waals surface area contributed by atoms with E-state index < -0.39 is 40.7 Å². The number of amides is 1. The molecule has 0 saturated carbocycles. The van der Waals surface area contributed by atoms with Gasteiger partial charge >= 0.3 is 6.18 Å². The summed E-state index contributed by atoms with van der Waals surface area (Å²) in [5.74, 6) is -1.87. The van der Waals surface area contributed by atoms with Gasteiger partial charge in [-0.2, -0.15) is 18.4 Å². The van der Waals surface area contributed by atoms with Crippen molar-refractivity contribution in [2.24, 2.45) is 0 Å². The molecule has 8 nitrogen and oxygen atoms in total. The van der Waals surface area contributed by atoms with Crippen LogP contribution in [0.5, 0.6) is 0 Å². The molecule has 2 aromatic rings. The molecule has 156 valence electrons. The van der Waals surface area contributed by atoms with E-state index in [-0.39, 0.29) is 28.4 Å². The number of nitriles is 1. The van der Waals surface area contributed by atoms with Crippen LogP contribution in [0, 0.1) is 21.4 Å². The van der Waals surface area contributed by atoms with Crippen LogP contribution in [0.25, 0.3) is 0 Å². The van der Waals surface area contributed by atoms with Crippen molar-refractivity contribution in [3.63, 3.8) is 0 Å². The third-order valence-corrected chi connectivity index (χ3v) is 4.99. The molecule has 1 fully saturated rings. The maximum absolute atomic E-state index is 13.6. The minimum Gasteiger partial charge on any atom is -0.323 e. The highest BCUT2D eigenvalue weighted by molar-refractivity contribution is 6.32. The smallest absolute Gasteiger partial charge is 0.323 e. The Morgan fingerprint density at radius 2 is 2.10 bits per heavy atom. The third kappa shape index (κ3) is 4.50. The zero-order valence-corrected chi connectivity index (χ0v) is 15.7. The molecule has 1 aromatic heterocycles. The van der Waals surface area contributed by atoms with Crippen molar-refractivity contribution in [1.29, 1.82) is 5.26 Å². The minimum absolute atomic E-state index is 0.124. The van der Waals surface area contributed by atoms with Gasteiger partial charge in [-0.1, -0.05) is 17.7 Å². The van der Waals surface area contributed by atoms with Gasteiger partial charge in [-0.15, -0.1) is 0 Å². The fourth-order valence-corrected chi connectivity index (χ4v) is 3.55. The Hall–Kier alpha value is -3.23.